The Morgan fingerprint density at radius 2 is 2.17 bits per heavy atom. The topological polar surface area (TPSA) is 55.1 Å². The number of nitrogens with one attached hydrogen (secondary N) is 1. The molecule has 2 rings (SSSR count). The van der Waals surface area contributed by atoms with Crippen molar-refractivity contribution in [1.29, 1.82) is 0 Å². The van der Waals surface area contributed by atoms with Gasteiger partial charge >= 0.3 is 0 Å². The van der Waals surface area contributed by atoms with Gasteiger partial charge in [-0.25, -0.2) is 0 Å². The molecular formula is C15H22N2O. The van der Waals surface area contributed by atoms with Gasteiger partial charge in [-0.3, -0.25) is 4.79 Å². The van der Waals surface area contributed by atoms with Gasteiger partial charge in [-0.2, -0.15) is 0 Å². The molecule has 1 aliphatic carbocycles. The van der Waals surface area contributed by atoms with Gasteiger partial charge in [0, 0.05) is 18.5 Å². The molecule has 0 aliphatic heterocycles. The van der Waals surface area contributed by atoms with E-state index in [0.717, 1.165) is 32.2 Å². The molecule has 0 aromatic heterocycles. The molecule has 2 unspecified atom stereocenters. The molecule has 1 aromatic carbocycles. The lowest BCUT2D eigenvalue weighted by Crippen LogP contribution is -2.32. The van der Waals surface area contributed by atoms with Crippen molar-refractivity contribution in [3.63, 3.8) is 0 Å². The predicted molar refractivity (Wildman–Crippen MR) is 73.2 cm³/mol. The highest BCUT2D eigenvalue weighted by molar-refractivity contribution is 5.79. The van der Waals surface area contributed by atoms with Gasteiger partial charge in [-0.15, -0.1) is 0 Å². The Hall–Kier alpha value is -1.35. The number of benzene rings is 1. The van der Waals surface area contributed by atoms with Crippen LogP contribution >= 0.6 is 0 Å². The van der Waals surface area contributed by atoms with Gasteiger partial charge in [0.15, 0.2) is 0 Å². The Bertz CT molecular complexity index is 417. The number of hydrogen-bond donors (Lipinski definition) is 2. The van der Waals surface area contributed by atoms with Gasteiger partial charge in [-0.05, 0) is 43.7 Å². The Labute approximate surface area is 109 Å². The van der Waals surface area contributed by atoms with Crippen LogP contribution in [0.2, 0.25) is 0 Å². The second kappa shape index (κ2) is 6.01. The zero-order valence-electron chi connectivity index (χ0n) is 11.0. The third kappa shape index (κ3) is 3.33. The summed E-state index contributed by atoms with van der Waals surface area (Å²) in [7, 11) is 0. The summed E-state index contributed by atoms with van der Waals surface area (Å²) >= 11 is 0. The second-order valence-corrected chi connectivity index (χ2v) is 5.24. The van der Waals surface area contributed by atoms with E-state index < -0.39 is 0 Å². The minimum Gasteiger partial charge on any atom is -0.356 e. The fourth-order valence-electron chi connectivity index (χ4n) is 2.61. The zero-order valence-corrected chi connectivity index (χ0v) is 11.0. The van der Waals surface area contributed by atoms with Crippen LogP contribution in [0.1, 0.15) is 30.4 Å². The molecule has 2 atom stereocenters. The molecule has 3 nitrogen and oxygen atoms in total. The van der Waals surface area contributed by atoms with E-state index in [0.29, 0.717) is 0 Å². The van der Waals surface area contributed by atoms with Crippen LogP contribution in [0, 0.1) is 12.8 Å². The number of carbonyl (C=O) groups excluding carboxylic acids is 1. The lowest BCUT2D eigenvalue weighted by atomic mass is 10.1. The summed E-state index contributed by atoms with van der Waals surface area (Å²) in [5, 5.41) is 3.03. The van der Waals surface area contributed by atoms with Gasteiger partial charge in [0.05, 0.1) is 0 Å². The van der Waals surface area contributed by atoms with Crippen molar-refractivity contribution in [2.45, 2.75) is 38.6 Å². The average molecular weight is 246 g/mol. The molecule has 1 aromatic rings. The lowest BCUT2D eigenvalue weighted by molar-refractivity contribution is -0.124. The van der Waals surface area contributed by atoms with Crippen molar-refractivity contribution in [2.24, 2.45) is 11.7 Å². The van der Waals surface area contributed by atoms with Crippen LogP contribution < -0.4 is 11.1 Å². The van der Waals surface area contributed by atoms with Crippen LogP contribution in [0.15, 0.2) is 24.3 Å². The lowest BCUT2D eigenvalue weighted by Gasteiger charge is -2.11. The first-order chi connectivity index (χ1) is 8.66. The molecule has 98 valence electrons. The highest BCUT2D eigenvalue weighted by atomic mass is 16.1. The largest absolute Gasteiger partial charge is 0.356 e. The first-order valence-electron chi connectivity index (χ1n) is 6.74. The van der Waals surface area contributed by atoms with E-state index in [1.165, 1.54) is 11.1 Å². The molecular weight excluding hydrogens is 224 g/mol. The fraction of sp³-hybridized carbons (Fsp3) is 0.533. The Kier molecular flexibility index (Phi) is 4.37. The van der Waals surface area contributed by atoms with Crippen molar-refractivity contribution in [1.82, 2.24) is 5.32 Å². The van der Waals surface area contributed by atoms with Crippen molar-refractivity contribution in [3.05, 3.63) is 35.4 Å². The van der Waals surface area contributed by atoms with Crippen LogP contribution in [-0.2, 0) is 11.2 Å². The Morgan fingerprint density at radius 3 is 2.83 bits per heavy atom. The summed E-state index contributed by atoms with van der Waals surface area (Å²) in [4.78, 5) is 11.9. The van der Waals surface area contributed by atoms with Crippen molar-refractivity contribution < 1.29 is 4.79 Å². The maximum atomic E-state index is 11.9. The maximum Gasteiger partial charge on any atom is 0.223 e. The van der Waals surface area contributed by atoms with E-state index in [-0.39, 0.29) is 17.9 Å². The van der Waals surface area contributed by atoms with Gasteiger partial charge in [0.1, 0.15) is 0 Å². The molecule has 1 saturated carbocycles. The molecule has 0 heterocycles. The molecule has 1 aliphatic rings. The van der Waals surface area contributed by atoms with E-state index >= 15 is 0 Å². The molecule has 0 bridgehead atoms. The second-order valence-electron chi connectivity index (χ2n) is 5.24. The maximum absolute atomic E-state index is 11.9. The molecule has 0 saturated heterocycles. The molecule has 0 radical (unpaired) electrons. The summed E-state index contributed by atoms with van der Waals surface area (Å²) in [6.07, 6.45) is 3.67. The van der Waals surface area contributed by atoms with Crippen LogP contribution in [0.3, 0.4) is 0 Å². The zero-order chi connectivity index (χ0) is 13.0. The van der Waals surface area contributed by atoms with Gasteiger partial charge < -0.3 is 11.1 Å². The molecule has 18 heavy (non-hydrogen) atoms. The third-order valence-electron chi connectivity index (χ3n) is 3.80. The average Bonchev–Trinajstić information content (AvgIpc) is 2.78. The first kappa shape index (κ1) is 13.1. The van der Waals surface area contributed by atoms with Crippen molar-refractivity contribution in [2.75, 3.05) is 6.54 Å². The summed E-state index contributed by atoms with van der Waals surface area (Å²) in [5.74, 6) is 0.313. The van der Waals surface area contributed by atoms with E-state index in [2.05, 4.69) is 24.4 Å². The normalized spacial score (nSPS) is 23.0. The third-order valence-corrected chi connectivity index (χ3v) is 3.80. The highest BCUT2D eigenvalue weighted by Gasteiger charge is 2.27. The number of hydrogen-bond acceptors (Lipinski definition) is 2. The monoisotopic (exact) mass is 246 g/mol. The summed E-state index contributed by atoms with van der Waals surface area (Å²) in [6.45, 7) is 2.82. The number of aryl methyl sites for hydroxylation is 1. The quantitative estimate of drug-likeness (QED) is 0.851. The number of carbonyl (C=O) groups is 1. The highest BCUT2D eigenvalue weighted by Crippen LogP contribution is 2.23. The summed E-state index contributed by atoms with van der Waals surface area (Å²) in [5.41, 5.74) is 8.42. The van der Waals surface area contributed by atoms with E-state index in [1.807, 2.05) is 12.1 Å². The van der Waals surface area contributed by atoms with Crippen molar-refractivity contribution in [3.8, 4) is 0 Å². The minimum absolute atomic E-state index is 0.136. The standard InChI is InChI=1S/C15H22N2O/c1-11-4-2-3-5-12(11)8-9-17-15(18)13-6-7-14(16)10-13/h2-5,13-14H,6-10,16H2,1H3,(H,17,18). The van der Waals surface area contributed by atoms with Crippen LogP contribution in [0.4, 0.5) is 0 Å². The summed E-state index contributed by atoms with van der Waals surface area (Å²) in [6, 6.07) is 8.52. The smallest absolute Gasteiger partial charge is 0.223 e. The first-order valence-corrected chi connectivity index (χ1v) is 6.74. The SMILES string of the molecule is Cc1ccccc1CCNC(=O)C1CCC(N)C1. The van der Waals surface area contributed by atoms with Gasteiger partial charge in [0.2, 0.25) is 5.91 Å². The van der Waals surface area contributed by atoms with E-state index in [9.17, 15) is 4.79 Å². The van der Waals surface area contributed by atoms with Gasteiger partial charge in [-0.1, -0.05) is 24.3 Å². The molecule has 3 N–H and O–H groups in total. The minimum atomic E-state index is 0.136. The number of nitrogens with two attached hydrogens (primary N) is 1. The predicted octanol–water partition coefficient (Wildman–Crippen LogP) is 1.78. The van der Waals surface area contributed by atoms with Crippen LogP contribution in [0.5, 0.6) is 0 Å². The molecule has 0 spiro atoms. The Morgan fingerprint density at radius 1 is 1.39 bits per heavy atom. The van der Waals surface area contributed by atoms with Crippen LogP contribution in [0.25, 0.3) is 0 Å². The van der Waals surface area contributed by atoms with E-state index in [1.54, 1.807) is 0 Å². The molecule has 3 heteroatoms. The molecule has 1 amide bonds. The van der Waals surface area contributed by atoms with E-state index in [4.69, 9.17) is 5.73 Å². The van der Waals surface area contributed by atoms with Crippen molar-refractivity contribution >= 4 is 5.91 Å². The molecule has 1 fully saturated rings. The van der Waals surface area contributed by atoms with Crippen LogP contribution in [-0.4, -0.2) is 18.5 Å². The number of rotatable bonds is 4. The summed E-state index contributed by atoms with van der Waals surface area (Å²) < 4.78 is 0. The number of amides is 1. The van der Waals surface area contributed by atoms with Gasteiger partial charge in [0.25, 0.3) is 0 Å². The Balaban J connectivity index is 1.75. The fourth-order valence-corrected chi connectivity index (χ4v) is 2.61.